The summed E-state index contributed by atoms with van der Waals surface area (Å²) >= 11 is -0.168. The predicted molar refractivity (Wildman–Crippen MR) is 175 cm³/mol. The van der Waals surface area contributed by atoms with Crippen LogP contribution in [-0.4, -0.2) is 50.6 Å². The van der Waals surface area contributed by atoms with E-state index in [0.29, 0.717) is 1.45 Å². The van der Waals surface area contributed by atoms with Gasteiger partial charge in [-0.05, 0) is 0 Å². The van der Waals surface area contributed by atoms with Gasteiger partial charge in [0.2, 0.25) is 0 Å². The van der Waals surface area contributed by atoms with Crippen molar-refractivity contribution in [2.45, 2.75) is 122 Å². The summed E-state index contributed by atoms with van der Waals surface area (Å²) in [6.45, 7) is 9.81. The molecule has 3 rings (SSSR count). The van der Waals surface area contributed by atoms with E-state index in [9.17, 15) is 0 Å². The van der Waals surface area contributed by atoms with Crippen molar-refractivity contribution < 1.29 is 0 Å². The Kier molecular flexibility index (Phi) is 11.0. The SMILES string of the molecule is CCCCC(CC)C[Si]1(CC(CC)CCCC)C2=C(SC[C]2([Sn]([CH3])([CH3])[CH3])[Sn]([CH3])([CH3])[CH3])c2sccc21. The molecule has 0 aromatic carbocycles. The van der Waals surface area contributed by atoms with Crippen LogP contribution in [0.5, 0.6) is 0 Å². The Balaban J connectivity index is 2.27. The molecule has 0 amide bonds. The van der Waals surface area contributed by atoms with Gasteiger partial charge in [-0.1, -0.05) is 0 Å². The molecular formula is C30H56S2SiSn2. The van der Waals surface area contributed by atoms with E-state index >= 15 is 0 Å². The fraction of sp³-hybridized carbons (Fsp3) is 0.800. The van der Waals surface area contributed by atoms with Gasteiger partial charge in [0.25, 0.3) is 0 Å². The first-order chi connectivity index (χ1) is 16.4. The molecule has 2 unspecified atom stereocenters. The van der Waals surface area contributed by atoms with Crippen LogP contribution >= 0.6 is 23.1 Å². The zero-order valence-corrected chi connectivity index (χ0v) is 33.2. The topological polar surface area (TPSA) is 0 Å². The van der Waals surface area contributed by atoms with E-state index < -0.39 is 44.8 Å². The molecule has 2 aliphatic heterocycles. The summed E-state index contributed by atoms with van der Waals surface area (Å²) in [6.07, 6.45) is 11.3. The molecule has 0 saturated carbocycles. The molecule has 3 heterocycles. The molecule has 1 aromatic heterocycles. The molecule has 0 N–H and O–H groups in total. The summed E-state index contributed by atoms with van der Waals surface area (Å²) in [6, 6.07) is 5.81. The van der Waals surface area contributed by atoms with Crippen molar-refractivity contribution in [2.75, 3.05) is 5.75 Å². The first-order valence-electron chi connectivity index (χ1n) is 14.9. The molecule has 0 fully saturated rings. The number of thioether (sulfide) groups is 1. The summed E-state index contributed by atoms with van der Waals surface area (Å²) in [7, 11) is -1.78. The van der Waals surface area contributed by atoms with Crippen LogP contribution in [0.25, 0.3) is 4.91 Å². The third kappa shape index (κ3) is 5.75. The van der Waals surface area contributed by atoms with Crippen LogP contribution in [0.15, 0.2) is 16.6 Å². The third-order valence-corrected chi connectivity index (χ3v) is 66.9. The monoisotopic (exact) mass is 748 g/mol. The van der Waals surface area contributed by atoms with Gasteiger partial charge in [0, 0.05) is 0 Å². The van der Waals surface area contributed by atoms with Crippen molar-refractivity contribution in [1.29, 1.82) is 0 Å². The van der Waals surface area contributed by atoms with Crippen LogP contribution in [0.2, 0.25) is 43.2 Å². The van der Waals surface area contributed by atoms with Crippen molar-refractivity contribution in [2.24, 2.45) is 11.8 Å². The van der Waals surface area contributed by atoms with Crippen LogP contribution < -0.4 is 5.19 Å². The van der Waals surface area contributed by atoms with Gasteiger partial charge in [0.1, 0.15) is 0 Å². The molecule has 35 heavy (non-hydrogen) atoms. The number of rotatable bonds is 14. The fourth-order valence-corrected chi connectivity index (χ4v) is 92.5. The summed E-state index contributed by atoms with van der Waals surface area (Å²) < 4.78 is 0.695. The van der Waals surface area contributed by atoms with Crippen LogP contribution in [0, 0.1) is 11.8 Å². The summed E-state index contributed by atoms with van der Waals surface area (Å²) in [5, 5.41) is 6.63. The van der Waals surface area contributed by atoms with Gasteiger partial charge in [-0.2, -0.15) is 0 Å². The van der Waals surface area contributed by atoms with E-state index in [2.05, 4.69) is 97.1 Å². The molecule has 5 heteroatoms. The molecule has 1 aromatic rings. The summed E-state index contributed by atoms with van der Waals surface area (Å²) in [4.78, 5) is 20.7. The Hall–Kier alpha value is 1.60. The van der Waals surface area contributed by atoms with Crippen LogP contribution in [0.3, 0.4) is 0 Å². The van der Waals surface area contributed by atoms with Gasteiger partial charge in [0.05, 0.1) is 0 Å². The van der Waals surface area contributed by atoms with E-state index in [1.807, 2.05) is 10.1 Å². The molecule has 0 saturated heterocycles. The van der Waals surface area contributed by atoms with Crippen molar-refractivity contribution in [3.63, 3.8) is 0 Å². The minimum atomic E-state index is -2.32. The predicted octanol–water partition coefficient (Wildman–Crippen LogP) is 10.8. The van der Waals surface area contributed by atoms with Gasteiger partial charge in [-0.3, -0.25) is 0 Å². The van der Waals surface area contributed by atoms with E-state index in [1.54, 1.807) is 17.0 Å². The van der Waals surface area contributed by atoms with Crippen LogP contribution in [-0.2, 0) is 0 Å². The van der Waals surface area contributed by atoms with E-state index in [0.717, 1.165) is 11.8 Å². The minimum absolute atomic E-state index is 0.695. The number of hydrogen-bond acceptors (Lipinski definition) is 2. The zero-order valence-electron chi connectivity index (χ0n) is 24.9. The molecule has 0 spiro atoms. The van der Waals surface area contributed by atoms with Gasteiger partial charge in [-0.15, -0.1) is 0 Å². The van der Waals surface area contributed by atoms with Crippen molar-refractivity contribution >= 4 is 78.0 Å². The second-order valence-electron chi connectivity index (χ2n) is 13.9. The first kappa shape index (κ1) is 31.1. The van der Waals surface area contributed by atoms with Crippen LogP contribution in [0.4, 0.5) is 0 Å². The second kappa shape index (κ2) is 12.4. The normalized spacial score (nSPS) is 23.5. The van der Waals surface area contributed by atoms with Gasteiger partial charge >= 0.3 is 239 Å². The molecule has 0 aliphatic carbocycles. The Labute approximate surface area is 237 Å². The second-order valence-corrected chi connectivity index (χ2v) is 54.4. The zero-order chi connectivity index (χ0) is 26.1. The van der Waals surface area contributed by atoms with E-state index in [1.165, 1.54) is 57.1 Å². The van der Waals surface area contributed by atoms with Crippen molar-refractivity contribution in [3.05, 3.63) is 21.5 Å². The summed E-state index contributed by atoms with van der Waals surface area (Å²) in [5.41, 5.74) is 0. The number of thiophene rings is 1. The quantitative estimate of drug-likeness (QED) is 0.171. The van der Waals surface area contributed by atoms with Gasteiger partial charge in [-0.25, -0.2) is 0 Å². The van der Waals surface area contributed by atoms with Crippen LogP contribution in [0.1, 0.15) is 83.9 Å². The number of allylic oxidation sites excluding steroid dienone is 1. The molecule has 0 radical (unpaired) electrons. The number of fused-ring (bicyclic) bond motifs is 2. The van der Waals surface area contributed by atoms with E-state index in [4.69, 9.17) is 0 Å². The Morgan fingerprint density at radius 3 is 1.80 bits per heavy atom. The first-order valence-corrected chi connectivity index (χ1v) is 39.2. The molecule has 0 bridgehead atoms. The molecule has 2 aliphatic rings. The number of hydrogen-bond donors (Lipinski definition) is 0. The summed E-state index contributed by atoms with van der Waals surface area (Å²) in [5.74, 6) is 3.33. The standard InChI is InChI=1S/C24H38S2Si.6CH3.2Sn/c1-5-9-11-19(7-3)17-27(18-20(8-4)12-10-6-2)21-13-15-25-23(21)24-22(27)14-16-26-24;;;;;;;;/h13,15,19-20H,5-12,16-18H2,1-4H3;6*1H3;;. The van der Waals surface area contributed by atoms with Crippen molar-refractivity contribution in [1.82, 2.24) is 0 Å². The molecule has 2 atom stereocenters. The van der Waals surface area contributed by atoms with Gasteiger partial charge < -0.3 is 0 Å². The average molecular weight is 746 g/mol. The Morgan fingerprint density at radius 1 is 0.857 bits per heavy atom. The fourth-order valence-electron chi connectivity index (χ4n) is 8.01. The maximum atomic E-state index is 2.84. The molecule has 200 valence electrons. The Bertz CT molecular complexity index is 842. The van der Waals surface area contributed by atoms with E-state index in [-0.39, 0.29) is 0 Å². The molecular weight excluding hydrogens is 690 g/mol. The van der Waals surface area contributed by atoms with Crippen molar-refractivity contribution in [3.8, 4) is 0 Å². The maximum absolute atomic E-state index is 2.84. The molecule has 0 nitrogen and oxygen atoms in total. The third-order valence-electron chi connectivity index (χ3n) is 9.87. The Morgan fingerprint density at radius 2 is 1.37 bits per heavy atom. The number of unbranched alkanes of at least 4 members (excludes halogenated alkanes) is 2. The van der Waals surface area contributed by atoms with Gasteiger partial charge in [0.15, 0.2) is 0 Å². The average Bonchev–Trinajstić information content (AvgIpc) is 3.47.